The number of carboxylic acids is 1. The maximum atomic E-state index is 10.7. The Kier molecular flexibility index (Phi) is 3.41. The average molecular weight is 263 g/mol. The molecule has 1 fully saturated rings. The zero-order valence-electron chi connectivity index (χ0n) is 11.6. The minimum Gasteiger partial charge on any atom is -0.481 e. The number of hydrogen-bond donors (Lipinski definition) is 1. The van der Waals surface area contributed by atoms with Gasteiger partial charge in [0.25, 0.3) is 0 Å². The first-order valence-corrected chi connectivity index (χ1v) is 6.22. The van der Waals surface area contributed by atoms with Crippen molar-refractivity contribution < 1.29 is 19.2 Å². The van der Waals surface area contributed by atoms with E-state index in [0.29, 0.717) is 5.56 Å². The summed E-state index contributed by atoms with van der Waals surface area (Å²) in [5.74, 6) is -0.882. The van der Waals surface area contributed by atoms with Crippen LogP contribution in [0.25, 0.3) is 0 Å². The molecule has 1 aromatic heterocycles. The van der Waals surface area contributed by atoms with Gasteiger partial charge in [-0.1, -0.05) is 6.07 Å². The van der Waals surface area contributed by atoms with Crippen LogP contribution < -0.4 is 5.46 Å². The minimum absolute atomic E-state index is 0.0552. The second-order valence-corrected chi connectivity index (χ2v) is 5.79. The van der Waals surface area contributed by atoms with Crippen LogP contribution in [-0.4, -0.2) is 34.4 Å². The first kappa shape index (κ1) is 14.0. The van der Waals surface area contributed by atoms with E-state index in [9.17, 15) is 4.79 Å². The third kappa shape index (κ3) is 2.79. The highest BCUT2D eigenvalue weighted by atomic mass is 16.7. The maximum Gasteiger partial charge on any atom is 0.496 e. The second-order valence-electron chi connectivity index (χ2n) is 5.79. The van der Waals surface area contributed by atoms with Crippen molar-refractivity contribution in [2.45, 2.75) is 45.3 Å². The molecule has 1 aromatic rings. The Morgan fingerprint density at radius 3 is 2.37 bits per heavy atom. The van der Waals surface area contributed by atoms with E-state index in [1.54, 1.807) is 18.5 Å². The lowest BCUT2D eigenvalue weighted by Gasteiger charge is -2.32. The van der Waals surface area contributed by atoms with Gasteiger partial charge in [0.2, 0.25) is 0 Å². The van der Waals surface area contributed by atoms with E-state index >= 15 is 0 Å². The number of rotatable bonds is 3. The summed E-state index contributed by atoms with van der Waals surface area (Å²) in [6, 6.07) is 1.77. The summed E-state index contributed by atoms with van der Waals surface area (Å²) < 4.78 is 11.8. The highest BCUT2D eigenvalue weighted by molar-refractivity contribution is 6.62. The molecule has 5 nitrogen and oxygen atoms in total. The quantitative estimate of drug-likeness (QED) is 0.824. The third-order valence-electron chi connectivity index (χ3n) is 3.70. The fourth-order valence-electron chi connectivity index (χ4n) is 1.89. The molecular formula is C13H18BNO4. The van der Waals surface area contributed by atoms with E-state index in [2.05, 4.69) is 4.98 Å². The summed E-state index contributed by atoms with van der Waals surface area (Å²) in [4.78, 5) is 14.8. The van der Waals surface area contributed by atoms with Crippen molar-refractivity contribution in [3.63, 3.8) is 0 Å². The topological polar surface area (TPSA) is 68.7 Å². The fourth-order valence-corrected chi connectivity index (χ4v) is 1.89. The number of aromatic nitrogens is 1. The zero-order chi connectivity index (χ0) is 14.3. The lowest BCUT2D eigenvalue weighted by atomic mass is 9.79. The number of carboxylic acid groups (broad SMARTS) is 1. The van der Waals surface area contributed by atoms with Crippen LogP contribution in [0.1, 0.15) is 33.3 Å². The lowest BCUT2D eigenvalue weighted by molar-refractivity contribution is -0.136. The van der Waals surface area contributed by atoms with Gasteiger partial charge < -0.3 is 14.4 Å². The maximum absolute atomic E-state index is 10.7. The molecular weight excluding hydrogens is 245 g/mol. The Bertz CT molecular complexity index is 485. The summed E-state index contributed by atoms with van der Waals surface area (Å²) in [5.41, 5.74) is 0.554. The number of aliphatic carboxylic acids is 1. The van der Waals surface area contributed by atoms with Crippen molar-refractivity contribution in [3.8, 4) is 0 Å². The van der Waals surface area contributed by atoms with Crippen LogP contribution in [0.15, 0.2) is 18.5 Å². The van der Waals surface area contributed by atoms with Gasteiger partial charge in [-0.3, -0.25) is 9.78 Å². The van der Waals surface area contributed by atoms with E-state index in [1.165, 1.54) is 0 Å². The molecule has 2 heterocycles. The molecule has 102 valence electrons. The Morgan fingerprint density at radius 1 is 1.26 bits per heavy atom. The van der Waals surface area contributed by atoms with Crippen LogP contribution in [-0.2, 0) is 20.5 Å². The molecule has 0 unspecified atom stereocenters. The molecule has 0 spiro atoms. The SMILES string of the molecule is CC1(C)OB(c2cncc(CC(=O)O)c2)OC1(C)C. The summed E-state index contributed by atoms with van der Waals surface area (Å²) in [7, 11) is -0.508. The summed E-state index contributed by atoms with van der Waals surface area (Å²) in [6.45, 7) is 7.89. The minimum atomic E-state index is -0.882. The Morgan fingerprint density at radius 2 is 1.84 bits per heavy atom. The Labute approximate surface area is 113 Å². The van der Waals surface area contributed by atoms with Gasteiger partial charge in [-0.05, 0) is 33.3 Å². The van der Waals surface area contributed by atoms with Crippen LogP contribution in [0.3, 0.4) is 0 Å². The number of nitrogens with zero attached hydrogens (tertiary/aromatic N) is 1. The number of hydrogen-bond acceptors (Lipinski definition) is 4. The van der Waals surface area contributed by atoms with Gasteiger partial charge in [-0.2, -0.15) is 0 Å². The summed E-state index contributed by atoms with van der Waals surface area (Å²) in [5, 5.41) is 8.80. The standard InChI is InChI=1S/C13H18BNO4/c1-12(2)13(3,4)19-14(18-12)10-5-9(6-11(16)17)7-15-8-10/h5,7-8H,6H2,1-4H3,(H,16,17). The van der Waals surface area contributed by atoms with Gasteiger partial charge >= 0.3 is 13.1 Å². The molecule has 1 aliphatic heterocycles. The van der Waals surface area contributed by atoms with Crippen molar-refractivity contribution in [2.24, 2.45) is 0 Å². The van der Waals surface area contributed by atoms with Crippen molar-refractivity contribution in [2.75, 3.05) is 0 Å². The fraction of sp³-hybridized carbons (Fsp3) is 0.538. The molecule has 0 bridgehead atoms. The molecule has 0 aliphatic carbocycles. The van der Waals surface area contributed by atoms with E-state index in [4.69, 9.17) is 14.4 Å². The van der Waals surface area contributed by atoms with Crippen LogP contribution >= 0.6 is 0 Å². The average Bonchev–Trinajstić information content (AvgIpc) is 2.47. The first-order chi connectivity index (χ1) is 8.71. The number of pyridine rings is 1. The van der Waals surface area contributed by atoms with Crippen molar-refractivity contribution >= 4 is 18.6 Å². The highest BCUT2D eigenvalue weighted by Crippen LogP contribution is 2.36. The molecule has 1 saturated heterocycles. The molecule has 0 saturated carbocycles. The predicted octanol–water partition coefficient (Wildman–Crippen LogP) is 1.01. The molecule has 0 atom stereocenters. The Hall–Kier alpha value is -1.40. The third-order valence-corrected chi connectivity index (χ3v) is 3.70. The van der Waals surface area contributed by atoms with E-state index in [1.807, 2.05) is 27.7 Å². The van der Waals surface area contributed by atoms with Gasteiger partial charge in [0.05, 0.1) is 17.6 Å². The van der Waals surface area contributed by atoms with Crippen molar-refractivity contribution in [1.29, 1.82) is 0 Å². The lowest BCUT2D eigenvalue weighted by Crippen LogP contribution is -2.41. The molecule has 0 aromatic carbocycles. The predicted molar refractivity (Wildman–Crippen MR) is 71.3 cm³/mol. The van der Waals surface area contributed by atoms with E-state index < -0.39 is 24.3 Å². The van der Waals surface area contributed by atoms with Crippen molar-refractivity contribution in [1.82, 2.24) is 4.98 Å². The summed E-state index contributed by atoms with van der Waals surface area (Å²) in [6.07, 6.45) is 3.14. The molecule has 2 rings (SSSR count). The smallest absolute Gasteiger partial charge is 0.481 e. The molecule has 1 aliphatic rings. The Balaban J connectivity index is 2.22. The number of carbonyl (C=O) groups is 1. The van der Waals surface area contributed by atoms with Gasteiger partial charge in [0.1, 0.15) is 0 Å². The molecule has 1 N–H and O–H groups in total. The normalized spacial score (nSPS) is 20.5. The van der Waals surface area contributed by atoms with E-state index in [0.717, 1.165) is 5.46 Å². The van der Waals surface area contributed by atoms with E-state index in [-0.39, 0.29) is 6.42 Å². The monoisotopic (exact) mass is 263 g/mol. The van der Waals surface area contributed by atoms with Crippen LogP contribution in [0.2, 0.25) is 0 Å². The highest BCUT2D eigenvalue weighted by Gasteiger charge is 2.51. The van der Waals surface area contributed by atoms with Gasteiger partial charge in [-0.25, -0.2) is 0 Å². The molecule has 6 heteroatoms. The van der Waals surface area contributed by atoms with Crippen LogP contribution in [0.4, 0.5) is 0 Å². The van der Waals surface area contributed by atoms with Gasteiger partial charge in [0, 0.05) is 17.9 Å². The van der Waals surface area contributed by atoms with Crippen molar-refractivity contribution in [3.05, 3.63) is 24.0 Å². The van der Waals surface area contributed by atoms with Gasteiger partial charge in [0.15, 0.2) is 0 Å². The van der Waals surface area contributed by atoms with Gasteiger partial charge in [-0.15, -0.1) is 0 Å². The molecule has 0 radical (unpaired) electrons. The van der Waals surface area contributed by atoms with Crippen LogP contribution in [0.5, 0.6) is 0 Å². The second kappa shape index (κ2) is 4.61. The molecule has 0 amide bonds. The largest absolute Gasteiger partial charge is 0.496 e. The molecule has 19 heavy (non-hydrogen) atoms. The zero-order valence-corrected chi connectivity index (χ0v) is 11.6. The van der Waals surface area contributed by atoms with Crippen LogP contribution in [0, 0.1) is 0 Å². The summed E-state index contributed by atoms with van der Waals surface area (Å²) >= 11 is 0. The first-order valence-electron chi connectivity index (χ1n) is 6.22.